The van der Waals surface area contributed by atoms with Gasteiger partial charge in [-0.25, -0.2) is 9.78 Å². The zero-order valence-electron chi connectivity index (χ0n) is 12.1. The van der Waals surface area contributed by atoms with Crippen molar-refractivity contribution in [3.63, 3.8) is 0 Å². The van der Waals surface area contributed by atoms with E-state index in [1.54, 1.807) is 13.0 Å². The second-order valence-corrected chi connectivity index (χ2v) is 5.92. The molecule has 0 aliphatic rings. The number of thiazole rings is 1. The summed E-state index contributed by atoms with van der Waals surface area (Å²) in [5.41, 5.74) is 2.95. The van der Waals surface area contributed by atoms with Gasteiger partial charge in [-0.15, -0.1) is 11.3 Å². The number of benzene rings is 1. The Kier molecular flexibility index (Phi) is 4.37. The molecule has 0 atom stereocenters. The van der Waals surface area contributed by atoms with E-state index in [2.05, 4.69) is 10.3 Å². The largest absolute Gasteiger partial charge is 0.478 e. The van der Waals surface area contributed by atoms with Crippen LogP contribution >= 0.6 is 11.3 Å². The molecule has 0 fully saturated rings. The lowest BCUT2D eigenvalue weighted by Gasteiger charge is -2.10. The van der Waals surface area contributed by atoms with Gasteiger partial charge in [-0.3, -0.25) is 4.79 Å². The van der Waals surface area contributed by atoms with E-state index in [1.165, 1.54) is 17.4 Å². The Morgan fingerprint density at radius 2 is 2.00 bits per heavy atom. The molecule has 6 heteroatoms. The maximum atomic E-state index is 12.0. The molecular formula is C15H16N2O3S. The summed E-state index contributed by atoms with van der Waals surface area (Å²) in [6, 6.07) is 3.25. The lowest BCUT2D eigenvalue weighted by molar-refractivity contribution is -0.115. The fraction of sp³-hybridized carbons (Fsp3) is 0.267. The molecule has 2 aromatic rings. The molecule has 1 aromatic heterocycles. The number of carbonyl (C=O) groups is 2. The third kappa shape index (κ3) is 3.66. The maximum Gasteiger partial charge on any atom is 0.336 e. The summed E-state index contributed by atoms with van der Waals surface area (Å²) in [6.07, 6.45) is 0.180. The molecule has 0 saturated carbocycles. The lowest BCUT2D eigenvalue weighted by atomic mass is 10.0. The summed E-state index contributed by atoms with van der Waals surface area (Å²) in [5.74, 6) is -1.21. The zero-order valence-corrected chi connectivity index (χ0v) is 12.9. The first-order valence-electron chi connectivity index (χ1n) is 6.42. The Morgan fingerprint density at radius 1 is 1.29 bits per heavy atom. The first-order chi connectivity index (χ1) is 9.86. The van der Waals surface area contributed by atoms with Crippen molar-refractivity contribution in [3.8, 4) is 0 Å². The summed E-state index contributed by atoms with van der Waals surface area (Å²) in [5, 5.41) is 14.6. The van der Waals surface area contributed by atoms with Crippen LogP contribution in [-0.2, 0) is 11.2 Å². The van der Waals surface area contributed by atoms with Gasteiger partial charge in [0.05, 0.1) is 22.7 Å². The highest BCUT2D eigenvalue weighted by Crippen LogP contribution is 2.20. The van der Waals surface area contributed by atoms with Crippen LogP contribution in [0, 0.1) is 20.8 Å². The van der Waals surface area contributed by atoms with Gasteiger partial charge in [0, 0.05) is 11.1 Å². The van der Waals surface area contributed by atoms with Crippen LogP contribution in [0.25, 0.3) is 0 Å². The molecule has 1 amide bonds. The molecule has 0 aliphatic heterocycles. The molecule has 1 heterocycles. The Balaban J connectivity index is 2.15. The van der Waals surface area contributed by atoms with Crippen molar-refractivity contribution in [3.05, 3.63) is 44.9 Å². The van der Waals surface area contributed by atoms with E-state index in [-0.39, 0.29) is 17.9 Å². The fourth-order valence-corrected chi connectivity index (χ4v) is 2.63. The van der Waals surface area contributed by atoms with E-state index in [0.29, 0.717) is 11.3 Å². The minimum absolute atomic E-state index is 0.180. The van der Waals surface area contributed by atoms with Crippen LogP contribution in [0.1, 0.15) is 32.2 Å². The first kappa shape index (κ1) is 15.2. The van der Waals surface area contributed by atoms with Gasteiger partial charge in [0.2, 0.25) is 5.91 Å². The first-order valence-corrected chi connectivity index (χ1v) is 7.30. The van der Waals surface area contributed by atoms with Crippen molar-refractivity contribution in [2.75, 3.05) is 5.32 Å². The molecule has 0 spiro atoms. The van der Waals surface area contributed by atoms with E-state index in [1.807, 2.05) is 19.2 Å². The van der Waals surface area contributed by atoms with Gasteiger partial charge in [-0.1, -0.05) is 0 Å². The van der Waals surface area contributed by atoms with Gasteiger partial charge < -0.3 is 10.4 Å². The zero-order chi connectivity index (χ0) is 15.6. The van der Waals surface area contributed by atoms with Crippen LogP contribution in [0.15, 0.2) is 17.5 Å². The van der Waals surface area contributed by atoms with Crippen LogP contribution in [-0.4, -0.2) is 22.0 Å². The molecular weight excluding hydrogens is 288 g/mol. The quantitative estimate of drug-likeness (QED) is 0.910. The normalized spacial score (nSPS) is 10.4. The number of carboxylic acid groups (broad SMARTS) is 1. The van der Waals surface area contributed by atoms with Gasteiger partial charge in [-0.2, -0.15) is 0 Å². The number of hydrogen-bond acceptors (Lipinski definition) is 4. The number of rotatable bonds is 4. The highest BCUT2D eigenvalue weighted by Gasteiger charge is 2.13. The number of carbonyl (C=O) groups excluding carboxylic acids is 1. The average Bonchev–Trinajstić information content (AvgIpc) is 2.78. The number of aromatic nitrogens is 1. The smallest absolute Gasteiger partial charge is 0.336 e. The van der Waals surface area contributed by atoms with Gasteiger partial charge in [0.1, 0.15) is 0 Å². The van der Waals surface area contributed by atoms with Crippen LogP contribution in [0.3, 0.4) is 0 Å². The molecule has 2 rings (SSSR count). The average molecular weight is 304 g/mol. The molecule has 0 saturated heterocycles. The van der Waals surface area contributed by atoms with E-state index in [9.17, 15) is 9.59 Å². The summed E-state index contributed by atoms with van der Waals surface area (Å²) >= 11 is 1.49. The van der Waals surface area contributed by atoms with Crippen molar-refractivity contribution in [2.24, 2.45) is 0 Å². The van der Waals surface area contributed by atoms with Gasteiger partial charge in [0.25, 0.3) is 0 Å². The third-order valence-corrected chi connectivity index (χ3v) is 4.01. The van der Waals surface area contributed by atoms with Crippen LogP contribution < -0.4 is 5.32 Å². The number of amides is 1. The SMILES string of the molecule is Cc1nc(CC(=O)Nc2cc(C)c(C)c(C(=O)O)c2)cs1. The van der Waals surface area contributed by atoms with Crippen molar-refractivity contribution in [1.82, 2.24) is 4.98 Å². The molecule has 1 aromatic carbocycles. The van der Waals surface area contributed by atoms with E-state index in [0.717, 1.165) is 16.3 Å². The molecule has 0 aliphatic carbocycles. The van der Waals surface area contributed by atoms with Crippen LogP contribution in [0.2, 0.25) is 0 Å². The van der Waals surface area contributed by atoms with E-state index in [4.69, 9.17) is 5.11 Å². The summed E-state index contributed by atoms with van der Waals surface area (Å²) in [6.45, 7) is 5.46. The number of nitrogens with zero attached hydrogens (tertiary/aromatic N) is 1. The number of carboxylic acids is 1. The van der Waals surface area contributed by atoms with Crippen molar-refractivity contribution in [2.45, 2.75) is 27.2 Å². The minimum atomic E-state index is -0.998. The van der Waals surface area contributed by atoms with Gasteiger partial charge in [0.15, 0.2) is 0 Å². The molecule has 0 radical (unpaired) electrons. The Hall–Kier alpha value is -2.21. The number of hydrogen-bond donors (Lipinski definition) is 2. The highest BCUT2D eigenvalue weighted by atomic mass is 32.1. The van der Waals surface area contributed by atoms with Gasteiger partial charge in [-0.05, 0) is 44.0 Å². The lowest BCUT2D eigenvalue weighted by Crippen LogP contribution is -2.15. The Morgan fingerprint density at radius 3 is 2.57 bits per heavy atom. The van der Waals surface area contributed by atoms with Gasteiger partial charge >= 0.3 is 5.97 Å². The van der Waals surface area contributed by atoms with Crippen LogP contribution in [0.5, 0.6) is 0 Å². The number of anilines is 1. The molecule has 5 nitrogen and oxygen atoms in total. The topological polar surface area (TPSA) is 79.3 Å². The number of nitrogens with one attached hydrogen (secondary N) is 1. The predicted molar refractivity (Wildman–Crippen MR) is 82.1 cm³/mol. The summed E-state index contributed by atoms with van der Waals surface area (Å²) in [7, 11) is 0. The second-order valence-electron chi connectivity index (χ2n) is 4.85. The van der Waals surface area contributed by atoms with Crippen molar-refractivity contribution in [1.29, 1.82) is 0 Å². The molecule has 110 valence electrons. The van der Waals surface area contributed by atoms with E-state index < -0.39 is 5.97 Å². The monoisotopic (exact) mass is 304 g/mol. The standard InChI is InChI=1S/C15H16N2O3S/c1-8-4-11(5-13(9(8)2)15(19)20)17-14(18)6-12-7-21-10(3)16-12/h4-5,7H,6H2,1-3H3,(H,17,18)(H,19,20). The summed E-state index contributed by atoms with van der Waals surface area (Å²) in [4.78, 5) is 27.4. The van der Waals surface area contributed by atoms with E-state index >= 15 is 0 Å². The summed E-state index contributed by atoms with van der Waals surface area (Å²) < 4.78 is 0. The third-order valence-electron chi connectivity index (χ3n) is 3.19. The fourth-order valence-electron chi connectivity index (χ4n) is 2.01. The minimum Gasteiger partial charge on any atom is -0.478 e. The maximum absolute atomic E-state index is 12.0. The van der Waals surface area contributed by atoms with Crippen LogP contribution in [0.4, 0.5) is 5.69 Å². The molecule has 2 N–H and O–H groups in total. The molecule has 0 unspecified atom stereocenters. The number of aryl methyl sites for hydroxylation is 2. The second kappa shape index (κ2) is 6.05. The number of aromatic carboxylic acids is 1. The van der Waals surface area contributed by atoms with Crippen molar-refractivity contribution < 1.29 is 14.7 Å². The Bertz CT molecular complexity index is 707. The predicted octanol–water partition coefficient (Wildman–Crippen LogP) is 2.95. The molecule has 21 heavy (non-hydrogen) atoms. The van der Waals surface area contributed by atoms with Crippen molar-refractivity contribution >= 4 is 28.9 Å². The highest BCUT2D eigenvalue weighted by molar-refractivity contribution is 7.09. The Labute approximate surface area is 126 Å². The molecule has 0 bridgehead atoms.